The third-order valence-corrected chi connectivity index (χ3v) is 6.29. The predicted octanol–water partition coefficient (Wildman–Crippen LogP) is 1.93. The highest BCUT2D eigenvalue weighted by molar-refractivity contribution is 7.89. The van der Waals surface area contributed by atoms with Crippen molar-refractivity contribution in [2.45, 2.75) is 44.7 Å². The maximum absolute atomic E-state index is 12.4. The molecule has 6 heteroatoms. The standard InChI is InChI=1S/C11H20N2O2S2/c1-5-8(2)13(4)17(14,15)11-6-10(7-12)16-9(11)3/h6,8H,5,7,12H2,1-4H3. The molecule has 4 nitrogen and oxygen atoms in total. The first-order chi connectivity index (χ1) is 7.84. The largest absolute Gasteiger partial charge is 0.326 e. The van der Waals surface area contributed by atoms with Crippen LogP contribution in [0.2, 0.25) is 0 Å². The van der Waals surface area contributed by atoms with Crippen molar-refractivity contribution in [1.29, 1.82) is 0 Å². The van der Waals surface area contributed by atoms with Crippen molar-refractivity contribution >= 4 is 21.4 Å². The lowest BCUT2D eigenvalue weighted by Gasteiger charge is -2.22. The maximum Gasteiger partial charge on any atom is 0.244 e. The average Bonchev–Trinajstić information content (AvgIpc) is 2.69. The molecule has 1 unspecified atom stereocenters. The Morgan fingerprint density at radius 1 is 1.53 bits per heavy atom. The van der Waals surface area contributed by atoms with Crippen molar-refractivity contribution in [3.63, 3.8) is 0 Å². The number of nitrogens with two attached hydrogens (primary N) is 1. The van der Waals surface area contributed by atoms with Gasteiger partial charge in [0.05, 0.1) is 4.90 Å². The van der Waals surface area contributed by atoms with Gasteiger partial charge in [-0.1, -0.05) is 6.92 Å². The number of nitrogens with zero attached hydrogens (tertiary/aromatic N) is 1. The Bertz CT molecular complexity index is 480. The first kappa shape index (κ1) is 14.6. The van der Waals surface area contributed by atoms with E-state index in [4.69, 9.17) is 5.73 Å². The summed E-state index contributed by atoms with van der Waals surface area (Å²) in [7, 11) is -1.75. The van der Waals surface area contributed by atoms with Gasteiger partial charge in [-0.15, -0.1) is 11.3 Å². The molecule has 98 valence electrons. The zero-order chi connectivity index (χ0) is 13.2. The normalized spacial score (nSPS) is 14.2. The summed E-state index contributed by atoms with van der Waals surface area (Å²) in [4.78, 5) is 2.10. The second kappa shape index (κ2) is 5.48. The predicted molar refractivity (Wildman–Crippen MR) is 71.6 cm³/mol. The second-order valence-electron chi connectivity index (χ2n) is 4.12. The summed E-state index contributed by atoms with van der Waals surface area (Å²) in [6.07, 6.45) is 0.794. The van der Waals surface area contributed by atoms with Crippen LogP contribution in [0, 0.1) is 6.92 Å². The van der Waals surface area contributed by atoms with E-state index in [1.54, 1.807) is 13.1 Å². The van der Waals surface area contributed by atoms with Crippen LogP contribution in [0.4, 0.5) is 0 Å². The Hall–Kier alpha value is -0.430. The van der Waals surface area contributed by atoms with Crippen LogP contribution in [0.3, 0.4) is 0 Å². The van der Waals surface area contributed by atoms with E-state index in [9.17, 15) is 8.42 Å². The van der Waals surface area contributed by atoms with Gasteiger partial charge in [0.15, 0.2) is 0 Å². The van der Waals surface area contributed by atoms with E-state index in [-0.39, 0.29) is 6.04 Å². The molecular formula is C11H20N2O2S2. The molecule has 0 aromatic carbocycles. The van der Waals surface area contributed by atoms with E-state index in [2.05, 4.69) is 0 Å². The Morgan fingerprint density at radius 2 is 2.12 bits per heavy atom. The SMILES string of the molecule is CCC(C)N(C)S(=O)(=O)c1cc(CN)sc1C. The van der Waals surface area contributed by atoms with E-state index >= 15 is 0 Å². The molecule has 0 aliphatic carbocycles. The lowest BCUT2D eigenvalue weighted by Crippen LogP contribution is -2.34. The van der Waals surface area contributed by atoms with Gasteiger partial charge in [0, 0.05) is 29.4 Å². The van der Waals surface area contributed by atoms with E-state index in [1.807, 2.05) is 20.8 Å². The molecular weight excluding hydrogens is 256 g/mol. The van der Waals surface area contributed by atoms with Crippen molar-refractivity contribution in [3.8, 4) is 0 Å². The highest BCUT2D eigenvalue weighted by Crippen LogP contribution is 2.28. The van der Waals surface area contributed by atoms with Gasteiger partial charge in [0.2, 0.25) is 10.0 Å². The summed E-state index contributed by atoms with van der Waals surface area (Å²) >= 11 is 1.45. The molecule has 0 bridgehead atoms. The molecule has 0 fully saturated rings. The zero-order valence-electron chi connectivity index (χ0n) is 10.7. The Balaban J connectivity index is 3.17. The van der Waals surface area contributed by atoms with E-state index in [1.165, 1.54) is 15.6 Å². The molecule has 1 heterocycles. The van der Waals surface area contributed by atoms with Gasteiger partial charge < -0.3 is 5.73 Å². The summed E-state index contributed by atoms with van der Waals surface area (Å²) in [6, 6.07) is 1.69. The molecule has 0 spiro atoms. The smallest absolute Gasteiger partial charge is 0.244 e. The fraction of sp³-hybridized carbons (Fsp3) is 0.636. The number of rotatable bonds is 5. The number of hydrogen-bond donors (Lipinski definition) is 1. The van der Waals surface area contributed by atoms with Crippen LogP contribution in [-0.2, 0) is 16.6 Å². The molecule has 0 saturated carbocycles. The first-order valence-electron chi connectivity index (χ1n) is 5.62. The summed E-state index contributed by atoms with van der Waals surface area (Å²) in [5.41, 5.74) is 5.54. The molecule has 1 aromatic rings. The van der Waals surface area contributed by atoms with Gasteiger partial charge in [-0.3, -0.25) is 0 Å². The molecule has 0 aliphatic heterocycles. The quantitative estimate of drug-likeness (QED) is 0.894. The van der Waals surface area contributed by atoms with Gasteiger partial charge >= 0.3 is 0 Å². The molecule has 17 heavy (non-hydrogen) atoms. The number of hydrogen-bond acceptors (Lipinski definition) is 4. The van der Waals surface area contributed by atoms with Crippen LogP contribution < -0.4 is 5.73 Å². The van der Waals surface area contributed by atoms with Crippen LogP contribution >= 0.6 is 11.3 Å². The third kappa shape index (κ3) is 2.88. The molecule has 2 N–H and O–H groups in total. The van der Waals surface area contributed by atoms with Gasteiger partial charge in [-0.05, 0) is 26.3 Å². The fourth-order valence-electron chi connectivity index (χ4n) is 1.53. The zero-order valence-corrected chi connectivity index (χ0v) is 12.4. The minimum Gasteiger partial charge on any atom is -0.326 e. The van der Waals surface area contributed by atoms with Crippen molar-refractivity contribution in [1.82, 2.24) is 4.31 Å². The third-order valence-electron chi connectivity index (χ3n) is 2.99. The van der Waals surface area contributed by atoms with Crippen molar-refractivity contribution in [3.05, 3.63) is 15.8 Å². The lowest BCUT2D eigenvalue weighted by molar-refractivity contribution is 0.380. The molecule has 1 atom stereocenters. The monoisotopic (exact) mass is 276 g/mol. The fourth-order valence-corrected chi connectivity index (χ4v) is 4.45. The van der Waals surface area contributed by atoms with Crippen molar-refractivity contribution in [2.75, 3.05) is 7.05 Å². The molecule has 0 aliphatic rings. The minimum absolute atomic E-state index is 0.000580. The minimum atomic E-state index is -3.38. The molecule has 0 radical (unpaired) electrons. The number of sulfonamides is 1. The Morgan fingerprint density at radius 3 is 2.53 bits per heavy atom. The highest BCUT2D eigenvalue weighted by atomic mass is 32.2. The van der Waals surface area contributed by atoms with Crippen molar-refractivity contribution < 1.29 is 8.42 Å². The topological polar surface area (TPSA) is 63.4 Å². The van der Waals surface area contributed by atoms with Gasteiger partial charge in [0.25, 0.3) is 0 Å². The van der Waals surface area contributed by atoms with Crippen LogP contribution in [0.25, 0.3) is 0 Å². The molecule has 0 amide bonds. The van der Waals surface area contributed by atoms with E-state index < -0.39 is 10.0 Å². The van der Waals surface area contributed by atoms with Gasteiger partial charge in [-0.25, -0.2) is 8.42 Å². The number of thiophene rings is 1. The van der Waals surface area contributed by atoms with E-state index in [0.29, 0.717) is 11.4 Å². The summed E-state index contributed by atoms with van der Waals surface area (Å²) in [5, 5.41) is 0. The first-order valence-corrected chi connectivity index (χ1v) is 7.87. The lowest BCUT2D eigenvalue weighted by atomic mass is 10.3. The average molecular weight is 276 g/mol. The van der Waals surface area contributed by atoms with Crippen molar-refractivity contribution in [2.24, 2.45) is 5.73 Å². The summed E-state index contributed by atoms with van der Waals surface area (Å²) in [6.45, 7) is 6.08. The van der Waals surface area contributed by atoms with Crippen LogP contribution in [0.5, 0.6) is 0 Å². The molecule has 1 rings (SSSR count). The van der Waals surface area contributed by atoms with Gasteiger partial charge in [-0.2, -0.15) is 4.31 Å². The second-order valence-corrected chi connectivity index (χ2v) is 7.42. The molecule has 1 aromatic heterocycles. The highest BCUT2D eigenvalue weighted by Gasteiger charge is 2.27. The van der Waals surface area contributed by atoms with Crippen LogP contribution in [0.1, 0.15) is 30.0 Å². The summed E-state index contributed by atoms with van der Waals surface area (Å²) in [5.74, 6) is 0. The maximum atomic E-state index is 12.4. The molecule has 0 saturated heterocycles. The summed E-state index contributed by atoms with van der Waals surface area (Å²) < 4.78 is 26.2. The van der Waals surface area contributed by atoms with Crippen LogP contribution in [0.15, 0.2) is 11.0 Å². The van der Waals surface area contributed by atoms with Gasteiger partial charge in [0.1, 0.15) is 0 Å². The number of aryl methyl sites for hydroxylation is 1. The van der Waals surface area contributed by atoms with Crippen LogP contribution in [-0.4, -0.2) is 25.8 Å². The Labute approximate surface area is 107 Å². The Kier molecular flexibility index (Phi) is 4.71. The van der Waals surface area contributed by atoms with E-state index in [0.717, 1.165) is 16.2 Å².